The molecule has 0 amide bonds. The van der Waals surface area contributed by atoms with Crippen LogP contribution in [-0.2, 0) is 11.3 Å². The van der Waals surface area contributed by atoms with Crippen molar-refractivity contribution in [3.63, 3.8) is 0 Å². The fourth-order valence-corrected chi connectivity index (χ4v) is 1.81. The van der Waals surface area contributed by atoms with Gasteiger partial charge in [-0.3, -0.25) is 0 Å². The molecule has 0 saturated carbocycles. The van der Waals surface area contributed by atoms with E-state index in [0.717, 1.165) is 36.8 Å². The van der Waals surface area contributed by atoms with Crippen molar-refractivity contribution in [2.45, 2.75) is 27.3 Å². The summed E-state index contributed by atoms with van der Waals surface area (Å²) in [7, 11) is 1.66. The molecule has 0 aromatic heterocycles. The Morgan fingerprint density at radius 1 is 1.20 bits per heavy atom. The lowest BCUT2D eigenvalue weighted by Gasteiger charge is -2.15. The molecule has 0 heterocycles. The Bertz CT molecular complexity index is 380. The molecule has 0 radical (unpaired) electrons. The SMILES string of the molecule is CCNCc1cccc(OC)c1OCCOCC(C)C. The fraction of sp³-hybridized carbons (Fsp3) is 0.625. The molecule has 1 rings (SSSR count). The zero-order valence-corrected chi connectivity index (χ0v) is 13.1. The van der Waals surface area contributed by atoms with Gasteiger partial charge in [-0.1, -0.05) is 32.9 Å². The zero-order valence-electron chi connectivity index (χ0n) is 13.1. The number of benzene rings is 1. The van der Waals surface area contributed by atoms with Crippen LogP contribution >= 0.6 is 0 Å². The molecule has 4 heteroatoms. The lowest BCUT2D eigenvalue weighted by atomic mass is 10.2. The van der Waals surface area contributed by atoms with Crippen LogP contribution in [0.4, 0.5) is 0 Å². The van der Waals surface area contributed by atoms with Gasteiger partial charge in [-0.05, 0) is 18.5 Å². The highest BCUT2D eigenvalue weighted by atomic mass is 16.5. The molecule has 20 heavy (non-hydrogen) atoms. The predicted molar refractivity (Wildman–Crippen MR) is 81.5 cm³/mol. The van der Waals surface area contributed by atoms with Crippen molar-refractivity contribution in [2.75, 3.05) is 33.5 Å². The Balaban J connectivity index is 2.56. The van der Waals surface area contributed by atoms with Crippen LogP contribution in [-0.4, -0.2) is 33.5 Å². The van der Waals surface area contributed by atoms with Crippen LogP contribution in [0.3, 0.4) is 0 Å². The first kappa shape index (κ1) is 16.8. The second-order valence-electron chi connectivity index (χ2n) is 5.05. The largest absolute Gasteiger partial charge is 0.493 e. The van der Waals surface area contributed by atoms with E-state index in [1.54, 1.807) is 7.11 Å². The van der Waals surface area contributed by atoms with E-state index in [-0.39, 0.29) is 0 Å². The number of nitrogens with one attached hydrogen (secondary N) is 1. The first-order valence-corrected chi connectivity index (χ1v) is 7.26. The van der Waals surface area contributed by atoms with Crippen LogP contribution in [0.15, 0.2) is 18.2 Å². The van der Waals surface area contributed by atoms with E-state index in [2.05, 4.69) is 32.2 Å². The van der Waals surface area contributed by atoms with Crippen LogP contribution in [0.2, 0.25) is 0 Å². The van der Waals surface area contributed by atoms with Gasteiger partial charge in [0.1, 0.15) is 6.61 Å². The molecule has 0 aliphatic rings. The summed E-state index contributed by atoms with van der Waals surface area (Å²) in [6.45, 7) is 9.94. The van der Waals surface area contributed by atoms with Crippen LogP contribution in [0.5, 0.6) is 11.5 Å². The van der Waals surface area contributed by atoms with E-state index in [4.69, 9.17) is 14.2 Å². The molecule has 4 nitrogen and oxygen atoms in total. The summed E-state index contributed by atoms with van der Waals surface area (Å²) in [5, 5.41) is 3.31. The lowest BCUT2D eigenvalue weighted by Crippen LogP contribution is -2.15. The fourth-order valence-electron chi connectivity index (χ4n) is 1.81. The Kier molecular flexibility index (Phi) is 8.07. The predicted octanol–water partition coefficient (Wildman–Crippen LogP) is 2.86. The number of para-hydroxylation sites is 1. The average molecular weight is 281 g/mol. The molecule has 0 aliphatic heterocycles. The van der Waals surface area contributed by atoms with Crippen molar-refractivity contribution >= 4 is 0 Å². The van der Waals surface area contributed by atoms with Gasteiger partial charge in [-0.25, -0.2) is 0 Å². The first-order valence-electron chi connectivity index (χ1n) is 7.26. The summed E-state index contributed by atoms with van der Waals surface area (Å²) in [6.07, 6.45) is 0. The van der Waals surface area contributed by atoms with Gasteiger partial charge in [0.2, 0.25) is 0 Å². The maximum Gasteiger partial charge on any atom is 0.165 e. The molecule has 1 aromatic rings. The van der Waals surface area contributed by atoms with Gasteiger partial charge in [-0.15, -0.1) is 0 Å². The van der Waals surface area contributed by atoms with Crippen LogP contribution in [0, 0.1) is 5.92 Å². The number of methoxy groups -OCH3 is 1. The van der Waals surface area contributed by atoms with Crippen molar-refractivity contribution in [3.8, 4) is 11.5 Å². The smallest absolute Gasteiger partial charge is 0.165 e. The van der Waals surface area contributed by atoms with Crippen molar-refractivity contribution in [1.29, 1.82) is 0 Å². The molecule has 0 spiro atoms. The van der Waals surface area contributed by atoms with Gasteiger partial charge in [0.25, 0.3) is 0 Å². The van der Waals surface area contributed by atoms with Gasteiger partial charge in [0.15, 0.2) is 11.5 Å². The second-order valence-corrected chi connectivity index (χ2v) is 5.05. The monoisotopic (exact) mass is 281 g/mol. The van der Waals surface area contributed by atoms with Gasteiger partial charge in [0.05, 0.1) is 13.7 Å². The third-order valence-corrected chi connectivity index (χ3v) is 2.77. The van der Waals surface area contributed by atoms with Crippen molar-refractivity contribution in [2.24, 2.45) is 5.92 Å². The minimum atomic E-state index is 0.534. The maximum absolute atomic E-state index is 5.85. The molecule has 1 aromatic carbocycles. The van der Waals surface area contributed by atoms with Crippen molar-refractivity contribution in [1.82, 2.24) is 5.32 Å². The van der Waals surface area contributed by atoms with Crippen LogP contribution < -0.4 is 14.8 Å². The van der Waals surface area contributed by atoms with E-state index >= 15 is 0 Å². The second kappa shape index (κ2) is 9.61. The highest BCUT2D eigenvalue weighted by Crippen LogP contribution is 2.30. The third kappa shape index (κ3) is 5.80. The standard InChI is InChI=1S/C16H27NO3/c1-5-17-11-14-7-6-8-15(18-4)16(14)20-10-9-19-12-13(2)3/h6-8,13,17H,5,9-12H2,1-4H3. The number of hydrogen-bond acceptors (Lipinski definition) is 4. The van der Waals surface area contributed by atoms with E-state index in [9.17, 15) is 0 Å². The number of rotatable bonds is 10. The Morgan fingerprint density at radius 3 is 2.65 bits per heavy atom. The zero-order chi connectivity index (χ0) is 14.8. The van der Waals surface area contributed by atoms with Gasteiger partial charge in [0, 0.05) is 18.7 Å². The van der Waals surface area contributed by atoms with E-state index in [0.29, 0.717) is 19.1 Å². The molecule has 1 N–H and O–H groups in total. The molecule has 114 valence electrons. The van der Waals surface area contributed by atoms with E-state index in [1.165, 1.54) is 0 Å². The first-order chi connectivity index (χ1) is 9.69. The van der Waals surface area contributed by atoms with Crippen molar-refractivity contribution in [3.05, 3.63) is 23.8 Å². The Morgan fingerprint density at radius 2 is 2.00 bits per heavy atom. The third-order valence-electron chi connectivity index (χ3n) is 2.77. The summed E-state index contributed by atoms with van der Waals surface area (Å²) in [5.74, 6) is 2.12. The molecule has 0 saturated heterocycles. The van der Waals surface area contributed by atoms with E-state index in [1.807, 2.05) is 12.1 Å². The molecule has 0 bridgehead atoms. The average Bonchev–Trinajstić information content (AvgIpc) is 2.44. The van der Waals surface area contributed by atoms with Crippen molar-refractivity contribution < 1.29 is 14.2 Å². The minimum absolute atomic E-state index is 0.534. The molecule has 0 unspecified atom stereocenters. The highest BCUT2D eigenvalue weighted by molar-refractivity contribution is 5.46. The summed E-state index contributed by atoms with van der Waals surface area (Å²) in [4.78, 5) is 0. The Labute approximate surface area is 122 Å². The molecule has 0 atom stereocenters. The molecular weight excluding hydrogens is 254 g/mol. The topological polar surface area (TPSA) is 39.7 Å². The molecule has 0 aliphatic carbocycles. The quantitative estimate of drug-likeness (QED) is 0.669. The van der Waals surface area contributed by atoms with Gasteiger partial charge >= 0.3 is 0 Å². The Hall–Kier alpha value is -1.26. The van der Waals surface area contributed by atoms with Crippen LogP contribution in [0.25, 0.3) is 0 Å². The highest BCUT2D eigenvalue weighted by Gasteiger charge is 2.10. The molecule has 0 fully saturated rings. The number of ether oxygens (including phenoxy) is 3. The minimum Gasteiger partial charge on any atom is -0.493 e. The van der Waals surface area contributed by atoms with Crippen LogP contribution in [0.1, 0.15) is 26.3 Å². The van der Waals surface area contributed by atoms with E-state index < -0.39 is 0 Å². The maximum atomic E-state index is 5.85. The summed E-state index contributed by atoms with van der Waals surface area (Å²) in [5.41, 5.74) is 1.11. The molecular formula is C16H27NO3. The summed E-state index contributed by atoms with van der Waals surface area (Å²) < 4.78 is 16.7. The lowest BCUT2D eigenvalue weighted by molar-refractivity contribution is 0.0807. The van der Waals surface area contributed by atoms with Gasteiger partial charge < -0.3 is 19.5 Å². The summed E-state index contributed by atoms with van der Waals surface area (Å²) >= 11 is 0. The summed E-state index contributed by atoms with van der Waals surface area (Å²) in [6, 6.07) is 5.95. The number of hydrogen-bond donors (Lipinski definition) is 1. The normalized spacial score (nSPS) is 10.8. The van der Waals surface area contributed by atoms with Gasteiger partial charge in [-0.2, -0.15) is 0 Å².